The van der Waals surface area contributed by atoms with Crippen LogP contribution in [0.3, 0.4) is 0 Å². The molecule has 0 unspecified atom stereocenters. The van der Waals surface area contributed by atoms with Crippen molar-refractivity contribution in [2.24, 2.45) is 0 Å². The highest BCUT2D eigenvalue weighted by Crippen LogP contribution is 2.01. The maximum absolute atomic E-state index is 12.0. The Hall–Kier alpha value is 0.0700. The molecule has 0 amide bonds. The van der Waals surface area contributed by atoms with Gasteiger partial charge >= 0.3 is 0 Å². The van der Waals surface area contributed by atoms with E-state index in [2.05, 4.69) is 0 Å². The Morgan fingerprint density at radius 1 is 1.23 bits per heavy atom. The Balaban J connectivity index is 3.53. The molecule has 0 bridgehead atoms. The van der Waals surface area contributed by atoms with Crippen LogP contribution in [0.1, 0.15) is 12.8 Å². The van der Waals surface area contributed by atoms with Crippen molar-refractivity contribution in [1.29, 1.82) is 0 Å². The van der Waals surface area contributed by atoms with E-state index < -0.39 is 6.43 Å². The fourth-order valence-electron chi connectivity index (χ4n) is 1.06. The average Bonchev–Trinajstić information content (AvgIpc) is 2.04. The maximum atomic E-state index is 12.0. The van der Waals surface area contributed by atoms with E-state index in [0.29, 0.717) is 19.0 Å². The minimum Gasteiger partial charge on any atom is -0.395 e. The molecule has 2 nitrogen and oxygen atoms in total. The van der Waals surface area contributed by atoms with E-state index in [4.69, 9.17) is 16.7 Å². The normalized spacial score (nSPS) is 11.5. The van der Waals surface area contributed by atoms with Gasteiger partial charge in [-0.15, -0.1) is 11.6 Å². The van der Waals surface area contributed by atoms with Gasteiger partial charge in [-0.3, -0.25) is 4.90 Å². The summed E-state index contributed by atoms with van der Waals surface area (Å²) >= 11 is 5.45. The molecule has 0 radical (unpaired) electrons. The second kappa shape index (κ2) is 8.66. The van der Waals surface area contributed by atoms with Gasteiger partial charge in [-0.1, -0.05) is 0 Å². The molecule has 0 aromatic carbocycles. The third-order valence-electron chi connectivity index (χ3n) is 1.67. The van der Waals surface area contributed by atoms with E-state index in [1.165, 1.54) is 0 Å². The van der Waals surface area contributed by atoms with Gasteiger partial charge in [0.15, 0.2) is 0 Å². The van der Waals surface area contributed by atoms with Crippen molar-refractivity contribution in [2.45, 2.75) is 19.3 Å². The molecule has 0 aromatic rings. The number of aliphatic hydroxyl groups excluding tert-OH is 1. The van der Waals surface area contributed by atoms with Crippen molar-refractivity contribution >= 4 is 11.6 Å². The van der Waals surface area contributed by atoms with Crippen LogP contribution in [0.25, 0.3) is 0 Å². The first-order valence-electron chi connectivity index (χ1n) is 4.38. The van der Waals surface area contributed by atoms with Crippen molar-refractivity contribution in [1.82, 2.24) is 4.90 Å². The molecule has 0 aliphatic heterocycles. The minimum absolute atomic E-state index is 0.0758. The monoisotopic (exact) mass is 215 g/mol. The van der Waals surface area contributed by atoms with Gasteiger partial charge in [0.1, 0.15) is 0 Å². The highest BCUT2D eigenvalue weighted by molar-refractivity contribution is 6.17. The Kier molecular flexibility index (Phi) is 8.71. The topological polar surface area (TPSA) is 23.5 Å². The van der Waals surface area contributed by atoms with Crippen LogP contribution in [0.2, 0.25) is 0 Å². The maximum Gasteiger partial charge on any atom is 0.251 e. The predicted molar refractivity (Wildman–Crippen MR) is 49.5 cm³/mol. The molecule has 0 saturated heterocycles. The van der Waals surface area contributed by atoms with Crippen LogP contribution in [0.5, 0.6) is 0 Å². The Labute approximate surface area is 82.5 Å². The zero-order valence-electron chi connectivity index (χ0n) is 7.56. The van der Waals surface area contributed by atoms with Gasteiger partial charge < -0.3 is 5.11 Å². The summed E-state index contributed by atoms with van der Waals surface area (Å²) in [7, 11) is 0. The largest absolute Gasteiger partial charge is 0.395 e. The van der Waals surface area contributed by atoms with Crippen LogP contribution in [0.4, 0.5) is 8.78 Å². The van der Waals surface area contributed by atoms with Crippen molar-refractivity contribution in [2.75, 3.05) is 32.1 Å². The molecular formula is C8H16ClF2NO. The zero-order valence-corrected chi connectivity index (χ0v) is 8.31. The first-order chi connectivity index (χ1) is 6.20. The molecule has 0 spiro atoms. The van der Waals surface area contributed by atoms with Crippen molar-refractivity contribution in [3.05, 3.63) is 0 Å². The van der Waals surface area contributed by atoms with Crippen LogP contribution in [0, 0.1) is 0 Å². The van der Waals surface area contributed by atoms with E-state index in [1.54, 1.807) is 4.90 Å². The summed E-state index contributed by atoms with van der Waals surface area (Å²) in [5.74, 6) is 0.557. The van der Waals surface area contributed by atoms with Gasteiger partial charge in [0.25, 0.3) is 6.43 Å². The highest BCUT2D eigenvalue weighted by atomic mass is 35.5. The van der Waals surface area contributed by atoms with E-state index >= 15 is 0 Å². The Bertz CT molecular complexity index is 116. The molecule has 0 heterocycles. The Morgan fingerprint density at radius 3 is 2.38 bits per heavy atom. The molecule has 0 atom stereocenters. The quantitative estimate of drug-likeness (QED) is 0.491. The molecule has 13 heavy (non-hydrogen) atoms. The second-order valence-electron chi connectivity index (χ2n) is 2.81. The zero-order chi connectivity index (χ0) is 10.1. The first kappa shape index (κ1) is 13.1. The smallest absolute Gasteiger partial charge is 0.251 e. The van der Waals surface area contributed by atoms with Gasteiger partial charge in [-0.2, -0.15) is 0 Å². The molecular weight excluding hydrogens is 200 g/mol. The number of alkyl halides is 3. The Morgan fingerprint density at radius 2 is 1.92 bits per heavy atom. The lowest BCUT2D eigenvalue weighted by molar-refractivity contribution is 0.0777. The third-order valence-corrected chi connectivity index (χ3v) is 1.94. The van der Waals surface area contributed by atoms with Crippen LogP contribution in [0.15, 0.2) is 0 Å². The summed E-state index contributed by atoms with van der Waals surface area (Å²) in [5.41, 5.74) is 0. The molecule has 1 N–H and O–H groups in total. The second-order valence-corrected chi connectivity index (χ2v) is 3.19. The highest BCUT2D eigenvalue weighted by Gasteiger charge is 2.10. The summed E-state index contributed by atoms with van der Waals surface area (Å²) in [6, 6.07) is 0. The summed E-state index contributed by atoms with van der Waals surface area (Å²) in [4.78, 5) is 1.55. The van der Waals surface area contributed by atoms with Crippen molar-refractivity contribution in [3.63, 3.8) is 0 Å². The summed E-state index contributed by atoms with van der Waals surface area (Å²) < 4.78 is 23.9. The molecule has 5 heteroatoms. The molecule has 0 saturated carbocycles. The number of hydrogen-bond donors (Lipinski definition) is 1. The number of aliphatic hydroxyl groups is 1. The molecule has 0 fully saturated rings. The summed E-state index contributed by atoms with van der Waals surface area (Å²) in [6.45, 7) is 0.556. The van der Waals surface area contributed by atoms with Crippen LogP contribution >= 0.6 is 11.6 Å². The number of nitrogens with zero attached hydrogens (tertiary/aromatic N) is 1. The van der Waals surface area contributed by atoms with Crippen LogP contribution in [-0.2, 0) is 0 Å². The van der Waals surface area contributed by atoms with E-state index in [-0.39, 0.29) is 13.2 Å². The minimum atomic E-state index is -2.33. The fraction of sp³-hybridized carbons (Fsp3) is 1.00. The van der Waals surface area contributed by atoms with Crippen LogP contribution < -0.4 is 0 Å². The first-order valence-corrected chi connectivity index (χ1v) is 4.91. The summed E-state index contributed by atoms with van der Waals surface area (Å²) in [5, 5.41) is 8.59. The standard InChI is InChI=1S/C8H16ClF2NO/c9-3-1-2-4-12(5-6-13)7-8(10)11/h8,13H,1-7H2. The van der Waals surface area contributed by atoms with Crippen molar-refractivity contribution < 1.29 is 13.9 Å². The van der Waals surface area contributed by atoms with E-state index in [0.717, 1.165) is 12.8 Å². The van der Waals surface area contributed by atoms with Gasteiger partial charge in [0, 0.05) is 12.4 Å². The average molecular weight is 216 g/mol. The van der Waals surface area contributed by atoms with Crippen LogP contribution in [-0.4, -0.2) is 48.6 Å². The SMILES string of the molecule is OCCN(CCCCCl)CC(F)F. The summed E-state index contributed by atoms with van der Waals surface area (Å²) in [6.07, 6.45) is -0.703. The number of halogens is 3. The number of hydrogen-bond acceptors (Lipinski definition) is 2. The molecule has 0 rings (SSSR count). The molecule has 0 aromatic heterocycles. The molecule has 0 aliphatic carbocycles. The number of unbranched alkanes of at least 4 members (excludes halogenated alkanes) is 1. The third kappa shape index (κ3) is 8.40. The lowest BCUT2D eigenvalue weighted by atomic mass is 10.3. The van der Waals surface area contributed by atoms with Gasteiger partial charge in [0.2, 0.25) is 0 Å². The predicted octanol–water partition coefficient (Wildman–Crippen LogP) is 1.56. The van der Waals surface area contributed by atoms with Gasteiger partial charge in [-0.25, -0.2) is 8.78 Å². The molecule has 0 aliphatic rings. The van der Waals surface area contributed by atoms with Crippen molar-refractivity contribution in [3.8, 4) is 0 Å². The lowest BCUT2D eigenvalue weighted by Crippen LogP contribution is -2.32. The fourth-order valence-corrected chi connectivity index (χ4v) is 1.25. The van der Waals surface area contributed by atoms with E-state index in [1.807, 2.05) is 0 Å². The lowest BCUT2D eigenvalue weighted by Gasteiger charge is -2.20. The van der Waals surface area contributed by atoms with E-state index in [9.17, 15) is 8.78 Å². The molecule has 80 valence electrons. The van der Waals surface area contributed by atoms with Gasteiger partial charge in [-0.05, 0) is 19.4 Å². The van der Waals surface area contributed by atoms with Gasteiger partial charge in [0.05, 0.1) is 13.2 Å². The number of rotatable bonds is 8.